The van der Waals surface area contributed by atoms with E-state index in [1.165, 1.54) is 18.3 Å². The van der Waals surface area contributed by atoms with Gasteiger partial charge >= 0.3 is 0 Å². The Morgan fingerprint density at radius 1 is 1.16 bits per heavy atom. The van der Waals surface area contributed by atoms with E-state index in [0.29, 0.717) is 23.3 Å². The maximum absolute atomic E-state index is 14.8. The molecule has 1 saturated heterocycles. The molecular weight excluding hydrogens is 481 g/mol. The Labute approximate surface area is 220 Å². The van der Waals surface area contributed by atoms with Crippen LogP contribution in [0.4, 0.5) is 10.1 Å². The number of benzene rings is 3. The summed E-state index contributed by atoms with van der Waals surface area (Å²) in [4.78, 5) is 12.0. The predicted octanol–water partition coefficient (Wildman–Crippen LogP) is 5.58. The van der Waals surface area contributed by atoms with Crippen LogP contribution < -0.4 is 10.6 Å². The third-order valence-electron chi connectivity index (χ3n) is 6.80. The summed E-state index contributed by atoms with van der Waals surface area (Å²) in [5.41, 5.74) is 11.5. The lowest BCUT2D eigenvalue weighted by atomic mass is 9.95. The molecule has 1 aliphatic rings. The van der Waals surface area contributed by atoms with Crippen LogP contribution >= 0.6 is 0 Å². The van der Waals surface area contributed by atoms with E-state index in [-0.39, 0.29) is 23.2 Å². The van der Waals surface area contributed by atoms with Crippen molar-refractivity contribution in [3.63, 3.8) is 0 Å². The van der Waals surface area contributed by atoms with Crippen molar-refractivity contribution in [2.24, 2.45) is 10.9 Å². The van der Waals surface area contributed by atoms with E-state index in [4.69, 9.17) is 15.6 Å². The van der Waals surface area contributed by atoms with Crippen LogP contribution in [0.2, 0.25) is 0 Å². The van der Waals surface area contributed by atoms with Crippen LogP contribution in [0.15, 0.2) is 65.9 Å². The molecular formula is C30H28FN5O2. The van der Waals surface area contributed by atoms with Crippen molar-refractivity contribution in [1.82, 2.24) is 4.98 Å². The average molecular weight is 510 g/mol. The summed E-state index contributed by atoms with van der Waals surface area (Å²) >= 11 is 0. The van der Waals surface area contributed by atoms with Gasteiger partial charge in [-0.05, 0) is 72.9 Å². The number of para-hydroxylation sites is 1. The molecule has 0 aliphatic carbocycles. The molecule has 38 heavy (non-hydrogen) atoms. The normalized spacial score (nSPS) is 14.2. The number of halogens is 1. The first-order valence-corrected chi connectivity index (χ1v) is 12.6. The van der Waals surface area contributed by atoms with Gasteiger partial charge in [0.15, 0.2) is 0 Å². The standard InChI is InChI=1S/C30H28FN5O2/c1-2-38-35-17-19-12-22(14-23(31)13-19)27-18-34-28-7-6-20(25-5-3-4-21(16-32)30(25)37)15-26(28)29(27)36-10-8-24(33)9-11-36/h3-7,12-15,17-18,24,37H,2,8-11,33H2,1H3. The molecule has 3 aromatic carbocycles. The number of hydrogen-bond donors (Lipinski definition) is 2. The zero-order valence-electron chi connectivity index (χ0n) is 21.1. The summed E-state index contributed by atoms with van der Waals surface area (Å²) in [6.07, 6.45) is 4.94. The fourth-order valence-electron chi connectivity index (χ4n) is 4.90. The first kappa shape index (κ1) is 25.2. The number of hydrogen-bond acceptors (Lipinski definition) is 7. The SMILES string of the molecule is CCON=Cc1cc(F)cc(-c2cnc3ccc(-c4cccc(C#N)c4O)cc3c2N2CCC(N)CC2)c1. The molecule has 0 saturated carbocycles. The van der Waals surface area contributed by atoms with Gasteiger partial charge in [-0.25, -0.2) is 4.39 Å². The van der Waals surface area contributed by atoms with E-state index >= 15 is 0 Å². The Bertz CT molecular complexity index is 1550. The van der Waals surface area contributed by atoms with Gasteiger partial charge in [0, 0.05) is 41.8 Å². The number of pyridine rings is 1. The highest BCUT2D eigenvalue weighted by Gasteiger charge is 2.23. The summed E-state index contributed by atoms with van der Waals surface area (Å²) < 4.78 is 14.8. The topological polar surface area (TPSA) is 108 Å². The Morgan fingerprint density at radius 2 is 1.97 bits per heavy atom. The molecule has 5 rings (SSSR count). The number of aromatic hydroxyl groups is 1. The number of phenolic OH excluding ortho intramolecular Hbond substituents is 1. The second-order valence-corrected chi connectivity index (χ2v) is 9.32. The van der Waals surface area contributed by atoms with Gasteiger partial charge in [0.25, 0.3) is 0 Å². The molecule has 1 aromatic heterocycles. The van der Waals surface area contributed by atoms with Gasteiger partial charge < -0.3 is 20.6 Å². The maximum atomic E-state index is 14.8. The molecule has 0 bridgehead atoms. The third-order valence-corrected chi connectivity index (χ3v) is 6.80. The molecule has 0 radical (unpaired) electrons. The minimum absolute atomic E-state index is 0.0627. The van der Waals surface area contributed by atoms with E-state index in [1.807, 2.05) is 37.3 Å². The third kappa shape index (κ3) is 5.01. The van der Waals surface area contributed by atoms with Crippen LogP contribution in [-0.4, -0.2) is 42.0 Å². The molecule has 1 fully saturated rings. The van der Waals surface area contributed by atoms with Gasteiger partial charge in [-0.3, -0.25) is 4.98 Å². The van der Waals surface area contributed by atoms with Crippen LogP contribution in [0.25, 0.3) is 33.2 Å². The van der Waals surface area contributed by atoms with Crippen LogP contribution in [-0.2, 0) is 4.84 Å². The summed E-state index contributed by atoms with van der Waals surface area (Å²) in [7, 11) is 0. The highest BCUT2D eigenvalue weighted by Crippen LogP contribution is 2.41. The molecule has 0 atom stereocenters. The van der Waals surface area contributed by atoms with Gasteiger partial charge in [0.1, 0.15) is 24.2 Å². The zero-order chi connectivity index (χ0) is 26.6. The number of oxime groups is 1. The fraction of sp³-hybridized carbons (Fsp3) is 0.233. The molecule has 3 N–H and O–H groups in total. The molecule has 8 heteroatoms. The van der Waals surface area contributed by atoms with Crippen LogP contribution in [0.5, 0.6) is 5.75 Å². The van der Waals surface area contributed by atoms with Gasteiger partial charge in [0.2, 0.25) is 0 Å². The van der Waals surface area contributed by atoms with Crippen LogP contribution in [0.1, 0.15) is 30.9 Å². The number of piperidine rings is 1. The number of nitriles is 1. The molecule has 2 heterocycles. The summed E-state index contributed by atoms with van der Waals surface area (Å²) in [5.74, 6) is -0.452. The first-order chi connectivity index (χ1) is 18.5. The van der Waals surface area contributed by atoms with E-state index in [2.05, 4.69) is 10.1 Å². The molecule has 1 aliphatic heterocycles. The monoisotopic (exact) mass is 509 g/mol. The molecule has 4 aromatic rings. The second kappa shape index (κ2) is 10.9. The van der Waals surface area contributed by atoms with Gasteiger partial charge in [-0.1, -0.05) is 23.4 Å². The Kier molecular flexibility index (Phi) is 7.20. The quantitative estimate of drug-likeness (QED) is 0.259. The van der Waals surface area contributed by atoms with Crippen LogP contribution in [0.3, 0.4) is 0 Å². The maximum Gasteiger partial charge on any atom is 0.141 e. The van der Waals surface area contributed by atoms with E-state index in [9.17, 15) is 14.8 Å². The molecule has 0 amide bonds. The minimum Gasteiger partial charge on any atom is -0.506 e. The van der Waals surface area contributed by atoms with Crippen molar-refractivity contribution < 1.29 is 14.3 Å². The van der Waals surface area contributed by atoms with E-state index < -0.39 is 0 Å². The molecule has 192 valence electrons. The number of nitrogens with zero attached hydrogens (tertiary/aromatic N) is 4. The van der Waals surface area contributed by atoms with Gasteiger partial charge in [-0.2, -0.15) is 5.26 Å². The zero-order valence-corrected chi connectivity index (χ0v) is 21.1. The first-order valence-electron chi connectivity index (χ1n) is 12.6. The summed E-state index contributed by atoms with van der Waals surface area (Å²) in [6, 6.07) is 17.8. The van der Waals surface area contributed by atoms with Gasteiger partial charge in [0.05, 0.1) is 23.0 Å². The van der Waals surface area contributed by atoms with Crippen molar-refractivity contribution in [1.29, 1.82) is 5.26 Å². The number of aromatic nitrogens is 1. The number of anilines is 1. The molecule has 7 nitrogen and oxygen atoms in total. The highest BCUT2D eigenvalue weighted by atomic mass is 19.1. The lowest BCUT2D eigenvalue weighted by Crippen LogP contribution is -2.40. The Morgan fingerprint density at radius 3 is 2.74 bits per heavy atom. The summed E-state index contributed by atoms with van der Waals surface area (Å²) in [5, 5.41) is 24.9. The van der Waals surface area contributed by atoms with E-state index in [0.717, 1.165) is 53.6 Å². The number of phenols is 1. The fourth-order valence-corrected chi connectivity index (χ4v) is 4.90. The van der Waals surface area contributed by atoms with Crippen molar-refractivity contribution in [3.05, 3.63) is 77.7 Å². The predicted molar refractivity (Wildman–Crippen MR) is 148 cm³/mol. The smallest absolute Gasteiger partial charge is 0.141 e. The molecule has 0 unspecified atom stereocenters. The molecule has 0 spiro atoms. The number of nitrogens with two attached hydrogens (primary N) is 1. The second-order valence-electron chi connectivity index (χ2n) is 9.32. The van der Waals surface area contributed by atoms with Crippen molar-refractivity contribution in [2.75, 3.05) is 24.6 Å². The Balaban J connectivity index is 1.72. The largest absolute Gasteiger partial charge is 0.506 e. The number of fused-ring (bicyclic) bond motifs is 1. The lowest BCUT2D eigenvalue weighted by molar-refractivity contribution is 0.160. The van der Waals surface area contributed by atoms with Crippen molar-refractivity contribution >= 4 is 22.8 Å². The number of rotatable bonds is 6. The van der Waals surface area contributed by atoms with Crippen LogP contribution in [0, 0.1) is 17.1 Å². The Hall–Kier alpha value is -4.48. The minimum atomic E-state index is -0.390. The van der Waals surface area contributed by atoms with Crippen molar-refractivity contribution in [3.8, 4) is 34.1 Å². The lowest BCUT2D eigenvalue weighted by Gasteiger charge is -2.34. The van der Waals surface area contributed by atoms with Crippen molar-refractivity contribution in [2.45, 2.75) is 25.8 Å². The van der Waals surface area contributed by atoms with E-state index in [1.54, 1.807) is 24.4 Å². The average Bonchev–Trinajstić information content (AvgIpc) is 2.93. The van der Waals surface area contributed by atoms with Gasteiger partial charge in [-0.15, -0.1) is 0 Å². The summed E-state index contributed by atoms with van der Waals surface area (Å²) in [6.45, 7) is 3.75. The highest BCUT2D eigenvalue weighted by molar-refractivity contribution is 6.02.